The topological polar surface area (TPSA) is 51.6 Å². The van der Waals surface area contributed by atoms with E-state index in [1.807, 2.05) is 11.3 Å². The van der Waals surface area contributed by atoms with Gasteiger partial charge in [-0.25, -0.2) is 9.97 Å². The summed E-state index contributed by atoms with van der Waals surface area (Å²) in [5, 5.41) is 10.8. The predicted molar refractivity (Wildman–Crippen MR) is 94.5 cm³/mol. The van der Waals surface area contributed by atoms with Crippen LogP contribution < -0.4 is 0 Å². The van der Waals surface area contributed by atoms with Crippen LogP contribution in [0.1, 0.15) is 30.2 Å². The van der Waals surface area contributed by atoms with Crippen LogP contribution in [0, 0.1) is 0 Å². The van der Waals surface area contributed by atoms with Crippen LogP contribution in [0.15, 0.2) is 20.0 Å². The maximum Gasteiger partial charge on any atom is 0.181 e. The number of thiophene rings is 1. The molecule has 0 bridgehead atoms. The predicted octanol–water partition coefficient (Wildman–Crippen LogP) is 4.68. The maximum atomic E-state index is 4.53. The van der Waals surface area contributed by atoms with Gasteiger partial charge in [-0.2, -0.15) is 0 Å². The number of rotatable bonds is 4. The van der Waals surface area contributed by atoms with E-state index in [0.717, 1.165) is 30.7 Å². The second-order valence-electron chi connectivity index (χ2n) is 4.94. The molecule has 0 amide bonds. The Morgan fingerprint density at radius 3 is 2.86 bits per heavy atom. The smallest absolute Gasteiger partial charge is 0.181 e. The molecule has 0 saturated carbocycles. The van der Waals surface area contributed by atoms with Crippen molar-refractivity contribution >= 4 is 56.4 Å². The quantitative estimate of drug-likeness (QED) is 0.493. The van der Waals surface area contributed by atoms with E-state index in [0.29, 0.717) is 0 Å². The fourth-order valence-electron chi connectivity index (χ4n) is 2.64. The van der Waals surface area contributed by atoms with E-state index in [1.54, 1.807) is 41.2 Å². The van der Waals surface area contributed by atoms with Gasteiger partial charge >= 0.3 is 0 Å². The highest BCUT2D eigenvalue weighted by atomic mass is 32.2. The van der Waals surface area contributed by atoms with Crippen molar-refractivity contribution in [3.8, 4) is 0 Å². The number of hydrogen-bond donors (Lipinski definition) is 0. The molecule has 3 heterocycles. The second kappa shape index (κ2) is 6.43. The van der Waals surface area contributed by atoms with Crippen molar-refractivity contribution in [3.63, 3.8) is 0 Å². The van der Waals surface area contributed by atoms with E-state index >= 15 is 0 Å². The molecule has 0 N–H and O–H groups in total. The molecule has 0 aliphatic heterocycles. The summed E-state index contributed by atoms with van der Waals surface area (Å²) in [6, 6.07) is 0. The summed E-state index contributed by atoms with van der Waals surface area (Å²) in [4.78, 5) is 11.6. The van der Waals surface area contributed by atoms with Crippen molar-refractivity contribution in [1.82, 2.24) is 20.2 Å². The van der Waals surface area contributed by atoms with E-state index in [-0.39, 0.29) is 0 Å². The molecule has 0 saturated heterocycles. The molecule has 22 heavy (non-hydrogen) atoms. The number of fused-ring (bicyclic) bond motifs is 3. The van der Waals surface area contributed by atoms with Gasteiger partial charge in [-0.15, -0.1) is 21.5 Å². The van der Waals surface area contributed by atoms with E-state index in [9.17, 15) is 0 Å². The van der Waals surface area contributed by atoms with E-state index in [1.165, 1.54) is 35.1 Å². The van der Waals surface area contributed by atoms with Crippen LogP contribution in [0.2, 0.25) is 0 Å². The zero-order valence-electron chi connectivity index (χ0n) is 12.0. The second-order valence-corrected chi connectivity index (χ2v) is 9.75. The number of thioether (sulfide) groups is 1. The molecule has 1 aliphatic carbocycles. The highest BCUT2D eigenvalue weighted by Gasteiger charge is 2.21. The standard InChI is InChI=1S/C14H14N4S4/c1-2-19-13-17-18-14(22-13)21-12-10-8-5-3-4-6-9(8)20-11(10)15-7-16-12/h7H,2-6H2,1H3. The van der Waals surface area contributed by atoms with Gasteiger partial charge in [-0.3, -0.25) is 0 Å². The Bertz CT molecular complexity index is 810. The molecule has 4 nitrogen and oxygen atoms in total. The zero-order chi connectivity index (χ0) is 14.9. The highest BCUT2D eigenvalue weighted by molar-refractivity contribution is 8.03. The third-order valence-electron chi connectivity index (χ3n) is 3.56. The van der Waals surface area contributed by atoms with Crippen LogP contribution in [-0.4, -0.2) is 25.9 Å². The normalized spacial score (nSPS) is 14.4. The Kier molecular flexibility index (Phi) is 4.34. The van der Waals surface area contributed by atoms with Gasteiger partial charge in [0.2, 0.25) is 0 Å². The molecular weight excluding hydrogens is 352 g/mol. The Morgan fingerprint density at radius 1 is 1.09 bits per heavy atom. The molecule has 8 heteroatoms. The first-order chi connectivity index (χ1) is 10.8. The molecule has 0 atom stereocenters. The van der Waals surface area contributed by atoms with Gasteiger partial charge in [0.15, 0.2) is 8.68 Å². The Morgan fingerprint density at radius 2 is 1.95 bits per heavy atom. The van der Waals surface area contributed by atoms with E-state index in [2.05, 4.69) is 27.1 Å². The number of aryl methyl sites for hydroxylation is 2. The lowest BCUT2D eigenvalue weighted by atomic mass is 9.97. The SMILES string of the molecule is CCSc1nnc(Sc2ncnc3sc4c(c23)CCCC4)s1. The number of nitrogens with zero attached hydrogens (tertiary/aromatic N) is 4. The summed E-state index contributed by atoms with van der Waals surface area (Å²) in [5.41, 5.74) is 1.47. The van der Waals surface area contributed by atoms with E-state index in [4.69, 9.17) is 0 Å². The lowest BCUT2D eigenvalue weighted by Gasteiger charge is -2.10. The van der Waals surface area contributed by atoms with Crippen LogP contribution >= 0.6 is 46.2 Å². The molecule has 114 valence electrons. The third-order valence-corrected chi connectivity index (χ3v) is 7.75. The molecule has 0 fully saturated rings. The summed E-state index contributed by atoms with van der Waals surface area (Å²) in [7, 11) is 0. The molecule has 0 radical (unpaired) electrons. The van der Waals surface area contributed by atoms with Gasteiger partial charge in [-0.05, 0) is 48.8 Å². The van der Waals surface area contributed by atoms with Crippen LogP contribution in [0.3, 0.4) is 0 Å². The van der Waals surface area contributed by atoms with Crippen LogP contribution in [0.4, 0.5) is 0 Å². The van der Waals surface area contributed by atoms with Crippen molar-refractivity contribution in [1.29, 1.82) is 0 Å². The van der Waals surface area contributed by atoms with Crippen LogP contribution in [0.5, 0.6) is 0 Å². The van der Waals surface area contributed by atoms with E-state index < -0.39 is 0 Å². The van der Waals surface area contributed by atoms with Crippen molar-refractivity contribution in [2.24, 2.45) is 0 Å². The van der Waals surface area contributed by atoms with Crippen molar-refractivity contribution in [2.45, 2.75) is 46.3 Å². The van der Waals surface area contributed by atoms with Crippen LogP contribution in [0.25, 0.3) is 10.2 Å². The Hall–Kier alpha value is -0.700. The first kappa shape index (κ1) is 14.9. The van der Waals surface area contributed by atoms with Crippen LogP contribution in [-0.2, 0) is 12.8 Å². The summed E-state index contributed by atoms with van der Waals surface area (Å²) in [6.45, 7) is 2.13. The first-order valence-electron chi connectivity index (χ1n) is 7.24. The van der Waals surface area contributed by atoms with Crippen molar-refractivity contribution in [3.05, 3.63) is 16.8 Å². The fourth-order valence-corrected chi connectivity index (χ4v) is 6.89. The first-order valence-corrected chi connectivity index (χ1v) is 10.7. The Labute approximate surface area is 145 Å². The van der Waals surface area contributed by atoms with Crippen molar-refractivity contribution in [2.75, 3.05) is 5.75 Å². The maximum absolute atomic E-state index is 4.53. The molecule has 0 unspecified atom stereocenters. The number of hydrogen-bond acceptors (Lipinski definition) is 8. The molecule has 0 aromatic carbocycles. The largest absolute Gasteiger partial charge is 0.229 e. The molecule has 3 aromatic rings. The minimum atomic E-state index is 0.965. The fraction of sp³-hybridized carbons (Fsp3) is 0.429. The lowest BCUT2D eigenvalue weighted by Crippen LogP contribution is -1.98. The van der Waals surface area contributed by atoms with Gasteiger partial charge in [0.05, 0.1) is 0 Å². The molecule has 1 aliphatic rings. The number of aromatic nitrogens is 4. The average Bonchev–Trinajstić information content (AvgIpc) is 3.12. The van der Waals surface area contributed by atoms with Gasteiger partial charge in [0.25, 0.3) is 0 Å². The summed E-state index contributed by atoms with van der Waals surface area (Å²) < 4.78 is 1.99. The van der Waals surface area contributed by atoms with Gasteiger partial charge in [0.1, 0.15) is 16.2 Å². The zero-order valence-corrected chi connectivity index (χ0v) is 15.3. The highest BCUT2D eigenvalue weighted by Crippen LogP contribution is 2.42. The van der Waals surface area contributed by atoms with Gasteiger partial charge in [0, 0.05) is 10.3 Å². The van der Waals surface area contributed by atoms with Crippen molar-refractivity contribution < 1.29 is 0 Å². The minimum Gasteiger partial charge on any atom is -0.229 e. The summed E-state index contributed by atoms with van der Waals surface area (Å²) >= 11 is 6.85. The molecular formula is C14H14N4S4. The molecule has 4 rings (SSSR count). The molecule has 3 aromatic heterocycles. The monoisotopic (exact) mass is 366 g/mol. The Balaban J connectivity index is 1.72. The van der Waals surface area contributed by atoms with Gasteiger partial charge < -0.3 is 0 Å². The molecule has 0 spiro atoms. The third kappa shape index (κ3) is 2.77. The van der Waals surface area contributed by atoms with Gasteiger partial charge in [-0.1, -0.05) is 30.0 Å². The minimum absolute atomic E-state index is 0.965. The average molecular weight is 367 g/mol. The summed E-state index contributed by atoms with van der Waals surface area (Å²) in [6.07, 6.45) is 6.59. The summed E-state index contributed by atoms with van der Waals surface area (Å²) in [5.74, 6) is 1.02. The lowest BCUT2D eigenvalue weighted by molar-refractivity contribution is 0.699.